The average molecular weight is 137 g/mol. The highest BCUT2D eigenvalue weighted by atomic mass is 35.5. The van der Waals surface area contributed by atoms with Crippen molar-refractivity contribution in [1.82, 2.24) is 0 Å². The lowest BCUT2D eigenvalue weighted by Gasteiger charge is -1.88. The Morgan fingerprint density at radius 1 is 1.71 bits per heavy atom. The zero-order valence-corrected chi connectivity index (χ0v) is 6.07. The fourth-order valence-corrected chi connectivity index (χ4v) is 0.511. The minimum Gasteiger partial charge on any atom is -0.478 e. The third kappa shape index (κ3) is 5.83. The van der Waals surface area contributed by atoms with E-state index in [1.807, 2.05) is 0 Å². The summed E-state index contributed by atoms with van der Waals surface area (Å²) in [4.78, 5) is 0. The van der Waals surface area contributed by atoms with Crippen LogP contribution >= 0.6 is 11.6 Å². The molecule has 0 heterocycles. The highest BCUT2D eigenvalue weighted by Gasteiger charge is 1.73. The second-order valence-corrected chi connectivity index (χ2v) is 2.04. The first-order valence-corrected chi connectivity index (χ1v) is 3.16. The number of hydrogen-bond acceptors (Lipinski definition) is 2. The van der Waals surface area contributed by atoms with Gasteiger partial charge in [-0.25, -0.2) is 0 Å². The second-order valence-electron chi connectivity index (χ2n) is 0.747. The summed E-state index contributed by atoms with van der Waals surface area (Å²) < 4.78 is 9.15. The smallest absolute Gasteiger partial charge is 0.377 e. The Bertz CT molecular complexity index is 84.7. The predicted octanol–water partition coefficient (Wildman–Crippen LogP) is -0.195. The molecule has 2 nitrogen and oxygen atoms in total. The third-order valence-electron chi connectivity index (χ3n) is 0.288. The lowest BCUT2D eigenvalue weighted by Crippen LogP contribution is -1.93. The maximum atomic E-state index is 4.92. The summed E-state index contributed by atoms with van der Waals surface area (Å²) in [7, 11) is 0.724. The topological polar surface area (TPSA) is 18.5 Å². The van der Waals surface area contributed by atoms with Crippen LogP contribution < -0.4 is 0 Å². The van der Waals surface area contributed by atoms with Gasteiger partial charge in [-0.15, -0.1) is 0 Å². The highest BCUT2D eigenvalue weighted by Crippen LogP contribution is 1.66. The Morgan fingerprint density at radius 3 is 2.86 bits per heavy atom. The molecule has 0 aliphatic carbocycles. The first-order chi connectivity index (χ1) is 3.41. The van der Waals surface area contributed by atoms with E-state index in [2.05, 4.69) is 20.3 Å². The maximum Gasteiger partial charge on any atom is 0.377 e. The summed E-state index contributed by atoms with van der Waals surface area (Å²) >= 11 is 4.92. The minimum atomic E-state index is -0.847. The molecule has 0 unspecified atom stereocenters. The molecule has 0 spiro atoms. The molecule has 4 heteroatoms. The molecule has 0 N–H and O–H groups in total. The number of hydrogen-bond donors (Lipinski definition) is 0. The Hall–Kier alpha value is -0.173. The molecular weight excluding hydrogens is 132 g/mol. The molecule has 0 saturated carbocycles. The first kappa shape index (κ1) is 6.83. The van der Waals surface area contributed by atoms with E-state index >= 15 is 0 Å². The molecule has 40 valence electrons. The van der Waals surface area contributed by atoms with Crippen LogP contribution in [0.4, 0.5) is 0 Å². The fourth-order valence-electron chi connectivity index (χ4n) is 0.116. The van der Waals surface area contributed by atoms with Gasteiger partial charge in [0.1, 0.15) is 6.11 Å². The van der Waals surface area contributed by atoms with Crippen molar-refractivity contribution in [3.05, 3.63) is 0 Å². The van der Waals surface area contributed by atoms with Gasteiger partial charge in [0, 0.05) is 12.5 Å². The number of halogens is 1. The molecule has 0 atom stereocenters. The molecule has 0 aliphatic rings. The molecule has 0 rings (SSSR count). The van der Waals surface area contributed by atoms with Crippen LogP contribution in [0.25, 0.3) is 0 Å². The Balaban J connectivity index is 2.78. The molecule has 0 aromatic heterocycles. The van der Waals surface area contributed by atoms with Crippen LogP contribution in [0.15, 0.2) is 0 Å². The van der Waals surface area contributed by atoms with Crippen molar-refractivity contribution in [2.75, 3.05) is 7.11 Å². The van der Waals surface area contributed by atoms with Gasteiger partial charge in [0.25, 0.3) is 0 Å². The molecule has 0 aromatic carbocycles. The van der Waals surface area contributed by atoms with E-state index in [0.717, 1.165) is 0 Å². The molecule has 0 aromatic rings. The van der Waals surface area contributed by atoms with Crippen molar-refractivity contribution in [3.63, 3.8) is 0 Å². The van der Waals surface area contributed by atoms with Gasteiger partial charge < -0.3 is 8.85 Å². The summed E-state index contributed by atoms with van der Waals surface area (Å²) in [6.07, 6.45) is 2.20. The average Bonchev–Trinajstić information content (AvgIpc) is 1.69. The van der Waals surface area contributed by atoms with Gasteiger partial charge in [-0.2, -0.15) is 0 Å². The van der Waals surface area contributed by atoms with Gasteiger partial charge in [0.15, 0.2) is 0 Å². The van der Waals surface area contributed by atoms with Crippen LogP contribution in [0.3, 0.4) is 0 Å². The van der Waals surface area contributed by atoms with Crippen molar-refractivity contribution in [3.8, 4) is 11.5 Å². The summed E-state index contributed by atoms with van der Waals surface area (Å²) in [5.74, 6) is 0. The van der Waals surface area contributed by atoms with Crippen LogP contribution in [0.5, 0.6) is 0 Å². The largest absolute Gasteiger partial charge is 0.478 e. The summed E-state index contributed by atoms with van der Waals surface area (Å²) in [6.45, 7) is 0. The highest BCUT2D eigenvalue weighted by molar-refractivity contribution is 6.30. The zero-order chi connectivity index (χ0) is 5.54. The number of rotatable bonds is 2. The molecular formula is C3H5ClO2Si. The van der Waals surface area contributed by atoms with E-state index in [9.17, 15) is 0 Å². The molecule has 7 heavy (non-hydrogen) atoms. The summed E-state index contributed by atoms with van der Waals surface area (Å²) in [5.41, 5.74) is 0. The molecule has 0 radical (unpaired) electrons. The SMILES string of the molecule is CO[SiH2]OC#CCl. The van der Waals surface area contributed by atoms with E-state index < -0.39 is 10.0 Å². The summed E-state index contributed by atoms with van der Waals surface area (Å²) in [5, 5.41) is 2.06. The summed E-state index contributed by atoms with van der Waals surface area (Å²) in [6, 6.07) is 0. The Morgan fingerprint density at radius 2 is 2.43 bits per heavy atom. The van der Waals surface area contributed by atoms with E-state index in [1.165, 1.54) is 0 Å². The molecule has 0 saturated heterocycles. The van der Waals surface area contributed by atoms with Gasteiger partial charge in [-0.05, 0) is 11.6 Å². The molecule has 0 fully saturated rings. The monoisotopic (exact) mass is 136 g/mol. The van der Waals surface area contributed by atoms with Gasteiger partial charge in [-0.3, -0.25) is 0 Å². The van der Waals surface area contributed by atoms with Crippen molar-refractivity contribution in [1.29, 1.82) is 0 Å². The van der Waals surface area contributed by atoms with E-state index in [0.29, 0.717) is 0 Å². The maximum absolute atomic E-state index is 4.92. The van der Waals surface area contributed by atoms with Crippen LogP contribution in [-0.4, -0.2) is 17.1 Å². The third-order valence-corrected chi connectivity index (χ3v) is 0.863. The van der Waals surface area contributed by atoms with Gasteiger partial charge in [0.05, 0.1) is 0 Å². The second kappa shape index (κ2) is 5.83. The predicted molar refractivity (Wildman–Crippen MR) is 30.3 cm³/mol. The van der Waals surface area contributed by atoms with Crippen LogP contribution in [0, 0.1) is 11.5 Å². The van der Waals surface area contributed by atoms with E-state index in [4.69, 9.17) is 11.6 Å². The molecule has 0 bridgehead atoms. The van der Waals surface area contributed by atoms with Gasteiger partial charge in [0.2, 0.25) is 0 Å². The van der Waals surface area contributed by atoms with E-state index in [1.54, 1.807) is 7.11 Å². The first-order valence-electron chi connectivity index (χ1n) is 1.63. The zero-order valence-electron chi connectivity index (χ0n) is 3.90. The van der Waals surface area contributed by atoms with Crippen LogP contribution in [0.1, 0.15) is 0 Å². The van der Waals surface area contributed by atoms with Crippen LogP contribution in [-0.2, 0) is 8.85 Å². The minimum absolute atomic E-state index is 0.847. The fraction of sp³-hybridized carbons (Fsp3) is 0.333. The van der Waals surface area contributed by atoms with Crippen molar-refractivity contribution < 1.29 is 8.85 Å². The Labute approximate surface area is 49.8 Å². The van der Waals surface area contributed by atoms with Gasteiger partial charge in [-0.1, -0.05) is 0 Å². The van der Waals surface area contributed by atoms with Gasteiger partial charge >= 0.3 is 10.0 Å². The van der Waals surface area contributed by atoms with E-state index in [-0.39, 0.29) is 0 Å². The normalized spacial score (nSPS) is 8.29. The molecule has 0 amide bonds. The van der Waals surface area contributed by atoms with Crippen LogP contribution in [0.2, 0.25) is 0 Å². The Kier molecular flexibility index (Phi) is 5.68. The van der Waals surface area contributed by atoms with Crippen molar-refractivity contribution in [2.45, 2.75) is 0 Å². The standard InChI is InChI=1S/C3H5ClO2Si/c1-5-7-6-3-2-4/h7H2,1H3. The molecule has 0 aliphatic heterocycles. The lowest BCUT2D eigenvalue weighted by molar-refractivity contribution is 0.351. The lowest BCUT2D eigenvalue weighted by atomic mass is 11.3. The van der Waals surface area contributed by atoms with Crippen molar-refractivity contribution >= 4 is 21.6 Å². The van der Waals surface area contributed by atoms with Crippen molar-refractivity contribution in [2.24, 2.45) is 0 Å². The quantitative estimate of drug-likeness (QED) is 0.298.